The molecule has 5 nitrogen and oxygen atoms in total. The molecule has 0 aliphatic heterocycles. The van der Waals surface area contributed by atoms with Gasteiger partial charge in [-0.05, 0) is 6.07 Å². The smallest absolute Gasteiger partial charge is 0.332 e. The molecule has 0 bridgehead atoms. The first kappa shape index (κ1) is 13.9. The Balaban J connectivity index is 2.90. The molecule has 1 aromatic rings. The number of carbonyl (C=O) groups is 2. The summed E-state index contributed by atoms with van der Waals surface area (Å²) in [6.45, 7) is -0.945. The lowest BCUT2D eigenvalue weighted by atomic mass is 10.2. The first-order chi connectivity index (χ1) is 8.34. The van der Waals surface area contributed by atoms with Gasteiger partial charge in [-0.3, -0.25) is 9.63 Å². The fourth-order valence-electron chi connectivity index (χ4n) is 0.956. The van der Waals surface area contributed by atoms with Crippen LogP contribution < -0.4 is 5.48 Å². The lowest BCUT2D eigenvalue weighted by Gasteiger charge is -2.06. The Kier molecular flexibility index (Phi) is 4.21. The number of nitrogens with one attached hydrogen (secondary N) is 1. The van der Waals surface area contributed by atoms with Crippen LogP contribution in [-0.4, -0.2) is 23.6 Å². The van der Waals surface area contributed by atoms with Crippen LogP contribution in [0.4, 0.5) is 17.6 Å². The molecule has 0 spiro atoms. The number of benzene rings is 1. The largest absolute Gasteiger partial charge is 0.479 e. The molecule has 1 amide bonds. The molecule has 9 heteroatoms. The van der Waals surface area contributed by atoms with Crippen molar-refractivity contribution in [3.8, 4) is 0 Å². The number of carboxylic acids is 1. The minimum Gasteiger partial charge on any atom is -0.479 e. The topological polar surface area (TPSA) is 75.6 Å². The maximum atomic E-state index is 13.1. The van der Waals surface area contributed by atoms with Crippen molar-refractivity contribution in [2.24, 2.45) is 0 Å². The first-order valence-corrected chi connectivity index (χ1v) is 4.31. The van der Waals surface area contributed by atoms with Crippen LogP contribution in [0.3, 0.4) is 0 Å². The molecular formula is C9H5F4NO4. The van der Waals surface area contributed by atoms with Crippen LogP contribution in [0.5, 0.6) is 0 Å². The molecule has 2 N–H and O–H groups in total. The standard InChI is InChI=1S/C9H5F4NO4/c10-4-1-3(6(11)8(13)7(4)12)9(17)14-18-2-5(15)16/h1H,2H2,(H,14,17)(H,15,16). The second-order valence-electron chi connectivity index (χ2n) is 2.96. The molecule has 98 valence electrons. The third-order valence-corrected chi connectivity index (χ3v) is 1.71. The molecule has 0 unspecified atom stereocenters. The van der Waals surface area contributed by atoms with Gasteiger partial charge in [0.15, 0.2) is 29.9 Å². The molecule has 1 rings (SSSR count). The van der Waals surface area contributed by atoms with Gasteiger partial charge in [0.1, 0.15) is 0 Å². The molecule has 0 aliphatic carbocycles. The molecule has 0 heterocycles. The zero-order valence-electron chi connectivity index (χ0n) is 8.47. The van der Waals surface area contributed by atoms with Crippen molar-refractivity contribution in [2.45, 2.75) is 0 Å². The highest BCUT2D eigenvalue weighted by Gasteiger charge is 2.23. The number of hydrogen-bond acceptors (Lipinski definition) is 3. The van der Waals surface area contributed by atoms with Crippen molar-refractivity contribution in [3.05, 3.63) is 34.9 Å². The quantitative estimate of drug-likeness (QED) is 0.369. The minimum atomic E-state index is -2.15. The van der Waals surface area contributed by atoms with Gasteiger partial charge in [0.05, 0.1) is 5.56 Å². The maximum Gasteiger partial charge on any atom is 0.332 e. The Labute approximate surface area is 96.9 Å². The van der Waals surface area contributed by atoms with Gasteiger partial charge < -0.3 is 5.11 Å². The molecule has 0 saturated carbocycles. The molecule has 18 heavy (non-hydrogen) atoms. The van der Waals surface area contributed by atoms with Gasteiger partial charge in [-0.1, -0.05) is 0 Å². The minimum absolute atomic E-state index is 0.118. The normalized spacial score (nSPS) is 10.2. The number of amides is 1. The van der Waals surface area contributed by atoms with E-state index < -0.39 is 47.3 Å². The summed E-state index contributed by atoms with van der Waals surface area (Å²) in [6.07, 6.45) is 0. The third kappa shape index (κ3) is 2.94. The summed E-state index contributed by atoms with van der Waals surface area (Å²) in [6, 6.07) is 0.118. The zero-order valence-corrected chi connectivity index (χ0v) is 8.47. The number of aliphatic carboxylic acids is 1. The van der Waals surface area contributed by atoms with Gasteiger partial charge in [-0.2, -0.15) is 0 Å². The summed E-state index contributed by atoms with van der Waals surface area (Å²) < 4.78 is 51.1. The Morgan fingerprint density at radius 2 is 1.78 bits per heavy atom. The van der Waals surface area contributed by atoms with Crippen LogP contribution in [0, 0.1) is 23.3 Å². The lowest BCUT2D eigenvalue weighted by Crippen LogP contribution is -2.28. The molecule has 0 atom stereocenters. The second-order valence-corrected chi connectivity index (χ2v) is 2.96. The average molecular weight is 267 g/mol. The van der Waals surface area contributed by atoms with Gasteiger partial charge in [0, 0.05) is 0 Å². The van der Waals surface area contributed by atoms with Gasteiger partial charge in [0.2, 0.25) is 0 Å². The van der Waals surface area contributed by atoms with Gasteiger partial charge >= 0.3 is 5.97 Å². The fourth-order valence-corrected chi connectivity index (χ4v) is 0.956. The van der Waals surface area contributed by atoms with Crippen molar-refractivity contribution in [1.82, 2.24) is 5.48 Å². The average Bonchev–Trinajstić information content (AvgIpc) is 2.30. The van der Waals surface area contributed by atoms with E-state index in [0.717, 1.165) is 0 Å². The predicted octanol–water partition coefficient (Wildman–Crippen LogP) is 0.989. The number of carboxylic acid groups (broad SMARTS) is 1. The monoisotopic (exact) mass is 267 g/mol. The van der Waals surface area contributed by atoms with Crippen molar-refractivity contribution >= 4 is 11.9 Å². The van der Waals surface area contributed by atoms with Crippen molar-refractivity contribution < 1.29 is 37.1 Å². The summed E-state index contributed by atoms with van der Waals surface area (Å²) in [5, 5.41) is 8.16. The molecule has 0 aliphatic rings. The van der Waals surface area contributed by atoms with Crippen LogP contribution in [0.1, 0.15) is 10.4 Å². The summed E-state index contributed by atoms with van der Waals surface area (Å²) in [5.41, 5.74) is 0.274. The Morgan fingerprint density at radius 3 is 2.33 bits per heavy atom. The van der Waals surface area contributed by atoms with Crippen LogP contribution in [0.2, 0.25) is 0 Å². The predicted molar refractivity (Wildman–Crippen MR) is 47.3 cm³/mol. The van der Waals surface area contributed by atoms with Crippen molar-refractivity contribution in [3.63, 3.8) is 0 Å². The molecule has 0 radical (unpaired) electrons. The number of hydroxylamine groups is 1. The highest BCUT2D eigenvalue weighted by molar-refractivity contribution is 5.93. The number of carbonyl (C=O) groups excluding carboxylic acids is 1. The molecular weight excluding hydrogens is 262 g/mol. The Hall–Kier alpha value is -2.16. The summed E-state index contributed by atoms with van der Waals surface area (Å²) >= 11 is 0. The molecule has 1 aromatic carbocycles. The van der Waals surface area contributed by atoms with E-state index in [9.17, 15) is 27.2 Å². The zero-order chi connectivity index (χ0) is 13.9. The lowest BCUT2D eigenvalue weighted by molar-refractivity contribution is -0.144. The molecule has 0 fully saturated rings. The number of halogens is 4. The van der Waals surface area contributed by atoms with Crippen LogP contribution >= 0.6 is 0 Å². The van der Waals surface area contributed by atoms with E-state index in [2.05, 4.69) is 4.84 Å². The highest BCUT2D eigenvalue weighted by Crippen LogP contribution is 2.18. The Bertz CT molecular complexity index is 506. The van der Waals surface area contributed by atoms with Crippen LogP contribution in [-0.2, 0) is 9.63 Å². The summed E-state index contributed by atoms with van der Waals surface area (Å²) in [7, 11) is 0. The van der Waals surface area contributed by atoms with Gasteiger partial charge in [-0.25, -0.2) is 27.8 Å². The van der Waals surface area contributed by atoms with Crippen LogP contribution in [0.15, 0.2) is 6.07 Å². The second kappa shape index (κ2) is 5.45. The Morgan fingerprint density at radius 1 is 1.17 bits per heavy atom. The van der Waals surface area contributed by atoms with E-state index in [1.807, 2.05) is 0 Å². The van der Waals surface area contributed by atoms with E-state index in [0.29, 0.717) is 0 Å². The number of hydrogen-bond donors (Lipinski definition) is 2. The molecule has 0 saturated heterocycles. The SMILES string of the molecule is O=C(O)CONC(=O)c1cc(F)c(F)c(F)c1F. The van der Waals surface area contributed by atoms with E-state index in [1.54, 1.807) is 0 Å². The summed E-state index contributed by atoms with van der Waals surface area (Å²) in [5.74, 6) is -10.8. The molecule has 0 aromatic heterocycles. The number of rotatable bonds is 4. The van der Waals surface area contributed by atoms with E-state index in [1.165, 1.54) is 5.48 Å². The highest BCUT2D eigenvalue weighted by atomic mass is 19.2. The van der Waals surface area contributed by atoms with Gasteiger partial charge in [-0.15, -0.1) is 0 Å². The van der Waals surface area contributed by atoms with E-state index in [-0.39, 0.29) is 6.07 Å². The van der Waals surface area contributed by atoms with Crippen LogP contribution in [0.25, 0.3) is 0 Å². The third-order valence-electron chi connectivity index (χ3n) is 1.71. The maximum absolute atomic E-state index is 13.1. The first-order valence-electron chi connectivity index (χ1n) is 4.31. The van der Waals surface area contributed by atoms with Crippen molar-refractivity contribution in [1.29, 1.82) is 0 Å². The summed E-state index contributed by atoms with van der Waals surface area (Å²) in [4.78, 5) is 25.2. The van der Waals surface area contributed by atoms with E-state index in [4.69, 9.17) is 5.11 Å². The van der Waals surface area contributed by atoms with E-state index >= 15 is 0 Å². The van der Waals surface area contributed by atoms with Gasteiger partial charge in [0.25, 0.3) is 5.91 Å². The fraction of sp³-hybridized carbons (Fsp3) is 0.111. The van der Waals surface area contributed by atoms with Crippen molar-refractivity contribution in [2.75, 3.05) is 6.61 Å².